The molecule has 2 rings (SSSR count). The maximum atomic E-state index is 13.5. The molecule has 0 spiro atoms. The molecule has 1 heterocycles. The first-order valence-electron chi connectivity index (χ1n) is 7.69. The van der Waals surface area contributed by atoms with Gasteiger partial charge in [-0.15, -0.1) is 0 Å². The predicted molar refractivity (Wildman–Crippen MR) is 79.9 cm³/mol. The van der Waals surface area contributed by atoms with Crippen LogP contribution in [0, 0.1) is 17.5 Å². The molecule has 1 aliphatic rings. The monoisotopic (exact) mass is 344 g/mol. The molecule has 0 bridgehead atoms. The highest BCUT2D eigenvalue weighted by molar-refractivity contribution is 5.94. The highest BCUT2D eigenvalue weighted by atomic mass is 19.2. The van der Waals surface area contributed by atoms with E-state index in [1.165, 1.54) is 11.8 Å². The van der Waals surface area contributed by atoms with Crippen molar-refractivity contribution in [3.05, 3.63) is 35.1 Å². The summed E-state index contributed by atoms with van der Waals surface area (Å²) >= 11 is 0. The van der Waals surface area contributed by atoms with Gasteiger partial charge in [0, 0.05) is 33.2 Å². The third kappa shape index (κ3) is 4.47. The van der Waals surface area contributed by atoms with Crippen LogP contribution in [-0.2, 0) is 9.53 Å². The van der Waals surface area contributed by atoms with Gasteiger partial charge >= 0.3 is 0 Å². The molecule has 0 aromatic heterocycles. The Morgan fingerprint density at radius 1 is 1.29 bits per heavy atom. The van der Waals surface area contributed by atoms with Gasteiger partial charge in [0.1, 0.15) is 0 Å². The van der Waals surface area contributed by atoms with E-state index < -0.39 is 28.9 Å². The minimum absolute atomic E-state index is 0.0201. The van der Waals surface area contributed by atoms with Crippen LogP contribution in [0.2, 0.25) is 0 Å². The molecule has 1 unspecified atom stereocenters. The van der Waals surface area contributed by atoms with Gasteiger partial charge in [-0.1, -0.05) is 0 Å². The number of hydrogen-bond acceptors (Lipinski definition) is 3. The molecule has 132 valence electrons. The largest absolute Gasteiger partial charge is 0.376 e. The Morgan fingerprint density at radius 3 is 2.67 bits per heavy atom. The summed E-state index contributed by atoms with van der Waals surface area (Å²) in [5.74, 6) is -5.61. The Hall–Kier alpha value is -2.09. The number of ether oxygens (including phenoxy) is 1. The van der Waals surface area contributed by atoms with E-state index in [0.29, 0.717) is 19.2 Å². The highest BCUT2D eigenvalue weighted by Crippen LogP contribution is 2.15. The topological polar surface area (TPSA) is 58.6 Å². The fourth-order valence-corrected chi connectivity index (χ4v) is 2.51. The zero-order valence-corrected chi connectivity index (χ0v) is 13.3. The maximum absolute atomic E-state index is 13.5. The van der Waals surface area contributed by atoms with E-state index in [2.05, 4.69) is 5.32 Å². The first-order chi connectivity index (χ1) is 11.4. The lowest BCUT2D eigenvalue weighted by Crippen LogP contribution is -2.41. The lowest BCUT2D eigenvalue weighted by Gasteiger charge is -2.24. The minimum atomic E-state index is -1.69. The summed E-state index contributed by atoms with van der Waals surface area (Å²) < 4.78 is 45.0. The van der Waals surface area contributed by atoms with Gasteiger partial charge in [-0.3, -0.25) is 9.59 Å². The van der Waals surface area contributed by atoms with Crippen molar-refractivity contribution in [3.8, 4) is 0 Å². The van der Waals surface area contributed by atoms with Crippen molar-refractivity contribution in [3.63, 3.8) is 0 Å². The first-order valence-corrected chi connectivity index (χ1v) is 7.69. The van der Waals surface area contributed by atoms with Gasteiger partial charge in [0.25, 0.3) is 5.91 Å². The highest BCUT2D eigenvalue weighted by Gasteiger charge is 2.22. The van der Waals surface area contributed by atoms with Gasteiger partial charge in [-0.25, -0.2) is 13.2 Å². The van der Waals surface area contributed by atoms with Crippen molar-refractivity contribution < 1.29 is 27.5 Å². The number of nitrogens with zero attached hydrogens (tertiary/aromatic N) is 1. The van der Waals surface area contributed by atoms with Crippen LogP contribution in [0.3, 0.4) is 0 Å². The van der Waals surface area contributed by atoms with Gasteiger partial charge in [0.15, 0.2) is 17.5 Å². The predicted octanol–water partition coefficient (Wildman–Crippen LogP) is 1.86. The zero-order chi connectivity index (χ0) is 17.7. The van der Waals surface area contributed by atoms with Crippen LogP contribution < -0.4 is 5.32 Å². The van der Waals surface area contributed by atoms with Crippen molar-refractivity contribution in [2.45, 2.75) is 25.9 Å². The van der Waals surface area contributed by atoms with Crippen molar-refractivity contribution in [1.82, 2.24) is 10.2 Å². The normalized spacial score (nSPS) is 16.9. The van der Waals surface area contributed by atoms with Crippen molar-refractivity contribution in [2.24, 2.45) is 0 Å². The molecule has 1 saturated heterocycles. The molecule has 0 aliphatic carbocycles. The van der Waals surface area contributed by atoms with Crippen molar-refractivity contribution in [2.75, 3.05) is 26.2 Å². The summed E-state index contributed by atoms with van der Waals surface area (Å²) in [6, 6.07) is 1.56. The number of carbonyl (C=O) groups excluding carboxylic acids is 2. The zero-order valence-electron chi connectivity index (χ0n) is 13.3. The van der Waals surface area contributed by atoms with E-state index in [4.69, 9.17) is 4.74 Å². The summed E-state index contributed by atoms with van der Waals surface area (Å²) in [7, 11) is 0. The Labute approximate surface area is 137 Å². The average Bonchev–Trinajstić information content (AvgIpc) is 3.04. The summed E-state index contributed by atoms with van der Waals surface area (Å²) in [6.07, 6.45) is 1.80. The third-order valence-electron chi connectivity index (χ3n) is 3.84. The Morgan fingerprint density at radius 2 is 2.04 bits per heavy atom. The van der Waals surface area contributed by atoms with Crippen LogP contribution in [0.15, 0.2) is 12.1 Å². The fraction of sp³-hybridized carbons (Fsp3) is 0.500. The molecule has 1 fully saturated rings. The molecule has 0 saturated carbocycles. The number of carbonyl (C=O) groups is 2. The van der Waals surface area contributed by atoms with Crippen LogP contribution in [0.5, 0.6) is 0 Å². The number of rotatable bonds is 6. The third-order valence-corrected chi connectivity index (χ3v) is 3.84. The Balaban J connectivity index is 1.88. The molecule has 5 nitrogen and oxygen atoms in total. The van der Waals surface area contributed by atoms with Crippen LogP contribution >= 0.6 is 0 Å². The smallest absolute Gasteiger partial charge is 0.254 e. The molecule has 1 aromatic carbocycles. The average molecular weight is 344 g/mol. The van der Waals surface area contributed by atoms with E-state index in [1.54, 1.807) is 0 Å². The molecule has 1 aliphatic heterocycles. The molecular weight excluding hydrogens is 325 g/mol. The summed E-state index contributed by atoms with van der Waals surface area (Å²) in [5, 5.41) is 2.39. The van der Waals surface area contributed by atoms with Crippen LogP contribution in [0.25, 0.3) is 0 Å². The van der Waals surface area contributed by atoms with Gasteiger partial charge in [0.2, 0.25) is 5.91 Å². The van der Waals surface area contributed by atoms with Crippen LogP contribution in [0.1, 0.15) is 30.1 Å². The molecule has 1 aromatic rings. The lowest BCUT2D eigenvalue weighted by molar-refractivity contribution is -0.130. The molecular formula is C16H19F3N2O3. The summed E-state index contributed by atoms with van der Waals surface area (Å²) in [4.78, 5) is 25.0. The van der Waals surface area contributed by atoms with Crippen LogP contribution in [0.4, 0.5) is 13.2 Å². The van der Waals surface area contributed by atoms with E-state index in [9.17, 15) is 22.8 Å². The summed E-state index contributed by atoms with van der Waals surface area (Å²) in [6.45, 7) is 2.77. The minimum Gasteiger partial charge on any atom is -0.376 e. The van der Waals surface area contributed by atoms with E-state index in [0.717, 1.165) is 18.9 Å². The summed E-state index contributed by atoms with van der Waals surface area (Å²) in [5.41, 5.74) is -0.581. The number of hydrogen-bond donors (Lipinski definition) is 1. The van der Waals surface area contributed by atoms with E-state index >= 15 is 0 Å². The number of benzene rings is 1. The van der Waals surface area contributed by atoms with E-state index in [1.807, 2.05) is 0 Å². The second-order valence-corrected chi connectivity index (χ2v) is 5.58. The maximum Gasteiger partial charge on any atom is 0.254 e. The van der Waals surface area contributed by atoms with Gasteiger partial charge in [-0.05, 0) is 25.0 Å². The molecule has 8 heteroatoms. The molecule has 1 N–H and O–H groups in total. The van der Waals surface area contributed by atoms with E-state index in [-0.39, 0.29) is 25.1 Å². The van der Waals surface area contributed by atoms with Crippen molar-refractivity contribution >= 4 is 11.8 Å². The standard InChI is InChI=1S/C16H19F3N2O3/c1-10(22)21(9-11-3-2-8-24-11)7-6-20-16(23)12-4-5-13(17)15(19)14(12)18/h4-5,11H,2-3,6-9H2,1H3,(H,20,23). The first kappa shape index (κ1) is 18.3. The van der Waals surface area contributed by atoms with Crippen molar-refractivity contribution in [1.29, 1.82) is 0 Å². The molecule has 0 radical (unpaired) electrons. The Kier molecular flexibility index (Phi) is 6.19. The number of halogens is 3. The van der Waals surface area contributed by atoms with Gasteiger partial charge in [0.05, 0.1) is 11.7 Å². The fourth-order valence-electron chi connectivity index (χ4n) is 2.51. The number of amides is 2. The number of nitrogens with one attached hydrogen (secondary N) is 1. The van der Waals surface area contributed by atoms with Gasteiger partial charge in [-0.2, -0.15) is 0 Å². The lowest BCUT2D eigenvalue weighted by atomic mass is 10.2. The second kappa shape index (κ2) is 8.14. The quantitative estimate of drug-likeness (QED) is 0.802. The SMILES string of the molecule is CC(=O)N(CCNC(=O)c1ccc(F)c(F)c1F)CC1CCCO1. The molecule has 2 amide bonds. The van der Waals surface area contributed by atoms with Gasteiger partial charge < -0.3 is 15.0 Å². The van der Waals surface area contributed by atoms with Crippen LogP contribution in [-0.4, -0.2) is 49.1 Å². The molecule has 24 heavy (non-hydrogen) atoms. The molecule has 1 atom stereocenters. The second-order valence-electron chi connectivity index (χ2n) is 5.58. The Bertz CT molecular complexity index is 619.